The van der Waals surface area contributed by atoms with E-state index in [4.69, 9.17) is 9.47 Å². The van der Waals surface area contributed by atoms with Gasteiger partial charge in [-0.1, -0.05) is 13.3 Å². The first kappa shape index (κ1) is 16.9. The predicted octanol–water partition coefficient (Wildman–Crippen LogP) is 2.99. The van der Waals surface area contributed by atoms with Crippen LogP contribution in [0.25, 0.3) is 0 Å². The molecule has 0 rings (SSSR count). The highest BCUT2D eigenvalue weighted by Gasteiger charge is 2.19. The third-order valence-corrected chi connectivity index (χ3v) is 2.95. The van der Waals surface area contributed by atoms with E-state index in [1.54, 1.807) is 7.11 Å². The minimum atomic E-state index is -0.0377. The molecule has 0 aromatic carbocycles. The Bertz CT molecular complexity index is 172. The first-order chi connectivity index (χ1) is 8.02. The summed E-state index contributed by atoms with van der Waals surface area (Å²) < 4.78 is 10.9. The molecule has 3 heteroatoms. The van der Waals surface area contributed by atoms with Crippen LogP contribution in [0.4, 0.5) is 0 Å². The average Bonchev–Trinajstić information content (AvgIpc) is 2.27. The first-order valence-corrected chi connectivity index (χ1v) is 6.88. The Labute approximate surface area is 107 Å². The maximum Gasteiger partial charge on any atom is 0.0637 e. The summed E-state index contributed by atoms with van der Waals surface area (Å²) in [5.41, 5.74) is -0.0377. The van der Waals surface area contributed by atoms with Gasteiger partial charge in [-0.3, -0.25) is 0 Å². The molecule has 0 aromatic rings. The normalized spacial score (nSPS) is 13.9. The second-order valence-corrected chi connectivity index (χ2v) is 5.34. The van der Waals surface area contributed by atoms with Crippen LogP contribution in [0.3, 0.4) is 0 Å². The lowest BCUT2D eigenvalue weighted by Gasteiger charge is -2.27. The molecule has 0 amide bonds. The number of hydrogen-bond acceptors (Lipinski definition) is 3. The average molecular weight is 245 g/mol. The fourth-order valence-corrected chi connectivity index (χ4v) is 1.76. The molecule has 0 fully saturated rings. The first-order valence-electron chi connectivity index (χ1n) is 6.88. The molecule has 0 saturated carbocycles. The van der Waals surface area contributed by atoms with Gasteiger partial charge in [0, 0.05) is 26.4 Å². The maximum atomic E-state index is 5.51. The van der Waals surface area contributed by atoms with Gasteiger partial charge in [-0.25, -0.2) is 0 Å². The second-order valence-electron chi connectivity index (χ2n) is 5.34. The molecule has 0 saturated heterocycles. The zero-order chi connectivity index (χ0) is 13.1. The Balaban J connectivity index is 3.36. The van der Waals surface area contributed by atoms with Crippen LogP contribution >= 0.6 is 0 Å². The maximum absolute atomic E-state index is 5.51. The Hall–Kier alpha value is -0.120. The Kier molecular flexibility index (Phi) is 9.79. The highest BCUT2D eigenvalue weighted by Crippen LogP contribution is 2.15. The molecule has 0 radical (unpaired) electrons. The van der Waals surface area contributed by atoms with Crippen LogP contribution in [-0.4, -0.2) is 38.5 Å². The highest BCUT2D eigenvalue weighted by atomic mass is 16.5. The lowest BCUT2D eigenvalue weighted by Crippen LogP contribution is -2.36. The van der Waals surface area contributed by atoms with Crippen molar-refractivity contribution in [1.29, 1.82) is 0 Å². The minimum Gasteiger partial charge on any atom is -0.381 e. The summed E-state index contributed by atoms with van der Waals surface area (Å²) in [5.74, 6) is 0. The van der Waals surface area contributed by atoms with Gasteiger partial charge >= 0.3 is 0 Å². The molecule has 0 aliphatic heterocycles. The Morgan fingerprint density at radius 3 is 2.41 bits per heavy atom. The van der Waals surface area contributed by atoms with Gasteiger partial charge in [-0.15, -0.1) is 0 Å². The molecule has 0 bridgehead atoms. The molecule has 0 aliphatic rings. The summed E-state index contributed by atoms with van der Waals surface area (Å²) in [5, 5.41) is 3.50. The van der Waals surface area contributed by atoms with Gasteiger partial charge in [0.2, 0.25) is 0 Å². The summed E-state index contributed by atoms with van der Waals surface area (Å²) in [6, 6.07) is 0.487. The second kappa shape index (κ2) is 9.86. The molecule has 0 spiro atoms. The molecule has 1 unspecified atom stereocenters. The fraction of sp³-hybridized carbons (Fsp3) is 1.00. The van der Waals surface area contributed by atoms with Crippen LogP contribution in [0.2, 0.25) is 0 Å². The summed E-state index contributed by atoms with van der Waals surface area (Å²) in [6.07, 6.45) is 4.49. The number of ether oxygens (including phenoxy) is 2. The van der Waals surface area contributed by atoms with Crippen molar-refractivity contribution in [1.82, 2.24) is 5.32 Å². The lowest BCUT2D eigenvalue weighted by molar-refractivity contribution is 0.00843. The van der Waals surface area contributed by atoms with E-state index in [1.165, 1.54) is 12.8 Å². The van der Waals surface area contributed by atoms with E-state index in [0.29, 0.717) is 6.04 Å². The van der Waals surface area contributed by atoms with Crippen molar-refractivity contribution in [3.63, 3.8) is 0 Å². The molecule has 0 aromatic heterocycles. The summed E-state index contributed by atoms with van der Waals surface area (Å²) in [6.45, 7) is 11.4. The van der Waals surface area contributed by atoms with Crippen molar-refractivity contribution in [3.8, 4) is 0 Å². The monoisotopic (exact) mass is 245 g/mol. The van der Waals surface area contributed by atoms with Gasteiger partial charge in [0.25, 0.3) is 0 Å². The van der Waals surface area contributed by atoms with Crippen molar-refractivity contribution in [2.24, 2.45) is 0 Å². The number of hydrogen-bond donors (Lipinski definition) is 1. The smallest absolute Gasteiger partial charge is 0.0637 e. The molecule has 0 heterocycles. The van der Waals surface area contributed by atoms with E-state index in [9.17, 15) is 0 Å². The fourth-order valence-electron chi connectivity index (χ4n) is 1.76. The lowest BCUT2D eigenvalue weighted by atomic mass is 10.00. The van der Waals surface area contributed by atoms with Crippen LogP contribution < -0.4 is 5.32 Å². The molecular weight excluding hydrogens is 214 g/mol. The Morgan fingerprint density at radius 2 is 1.82 bits per heavy atom. The zero-order valence-corrected chi connectivity index (χ0v) is 12.3. The SMILES string of the molecule is CCCCOCCCNC(C)CC(C)(C)OC. The highest BCUT2D eigenvalue weighted by molar-refractivity contribution is 4.75. The summed E-state index contributed by atoms with van der Waals surface area (Å²) in [4.78, 5) is 0. The number of methoxy groups -OCH3 is 1. The summed E-state index contributed by atoms with van der Waals surface area (Å²) in [7, 11) is 1.77. The van der Waals surface area contributed by atoms with Gasteiger partial charge in [0.15, 0.2) is 0 Å². The molecule has 1 N–H and O–H groups in total. The molecule has 17 heavy (non-hydrogen) atoms. The van der Waals surface area contributed by atoms with Crippen molar-refractivity contribution in [2.45, 2.75) is 65.0 Å². The minimum absolute atomic E-state index is 0.0377. The number of rotatable bonds is 11. The van der Waals surface area contributed by atoms with Crippen molar-refractivity contribution >= 4 is 0 Å². The van der Waals surface area contributed by atoms with E-state index in [2.05, 4.69) is 33.0 Å². The van der Waals surface area contributed by atoms with Crippen molar-refractivity contribution in [2.75, 3.05) is 26.9 Å². The molecule has 0 aliphatic carbocycles. The quantitative estimate of drug-likeness (QED) is 0.568. The number of unbranched alkanes of at least 4 members (excludes halogenated alkanes) is 1. The predicted molar refractivity (Wildman–Crippen MR) is 73.5 cm³/mol. The molecule has 1 atom stereocenters. The molecular formula is C14H31NO2. The van der Waals surface area contributed by atoms with E-state index in [-0.39, 0.29) is 5.60 Å². The third-order valence-electron chi connectivity index (χ3n) is 2.95. The molecule has 104 valence electrons. The van der Waals surface area contributed by atoms with Crippen molar-refractivity contribution in [3.05, 3.63) is 0 Å². The van der Waals surface area contributed by atoms with Gasteiger partial charge in [-0.05, 0) is 46.6 Å². The number of nitrogens with one attached hydrogen (secondary N) is 1. The zero-order valence-electron chi connectivity index (χ0n) is 12.3. The summed E-state index contributed by atoms with van der Waals surface area (Å²) >= 11 is 0. The van der Waals surface area contributed by atoms with Gasteiger partial charge < -0.3 is 14.8 Å². The van der Waals surface area contributed by atoms with E-state index in [1.807, 2.05) is 0 Å². The standard InChI is InChI=1S/C14H31NO2/c1-6-7-10-17-11-8-9-15-13(2)12-14(3,4)16-5/h13,15H,6-12H2,1-5H3. The van der Waals surface area contributed by atoms with E-state index < -0.39 is 0 Å². The van der Waals surface area contributed by atoms with Gasteiger partial charge in [-0.2, -0.15) is 0 Å². The third kappa shape index (κ3) is 10.7. The molecule has 3 nitrogen and oxygen atoms in total. The van der Waals surface area contributed by atoms with Crippen molar-refractivity contribution < 1.29 is 9.47 Å². The van der Waals surface area contributed by atoms with Crippen LogP contribution in [0, 0.1) is 0 Å². The Morgan fingerprint density at radius 1 is 1.18 bits per heavy atom. The largest absolute Gasteiger partial charge is 0.381 e. The van der Waals surface area contributed by atoms with Crippen LogP contribution in [0.1, 0.15) is 53.4 Å². The van der Waals surface area contributed by atoms with Gasteiger partial charge in [0.05, 0.1) is 5.60 Å². The van der Waals surface area contributed by atoms with Crippen LogP contribution in [0.5, 0.6) is 0 Å². The van der Waals surface area contributed by atoms with Crippen LogP contribution in [0.15, 0.2) is 0 Å². The topological polar surface area (TPSA) is 30.5 Å². The van der Waals surface area contributed by atoms with Gasteiger partial charge in [0.1, 0.15) is 0 Å². The van der Waals surface area contributed by atoms with Crippen LogP contribution in [-0.2, 0) is 9.47 Å². The van der Waals surface area contributed by atoms with E-state index in [0.717, 1.165) is 32.6 Å². The van der Waals surface area contributed by atoms with E-state index >= 15 is 0 Å².